The van der Waals surface area contributed by atoms with Gasteiger partial charge >= 0.3 is 0 Å². The summed E-state index contributed by atoms with van der Waals surface area (Å²) in [7, 11) is 0. The molecule has 0 spiro atoms. The van der Waals surface area contributed by atoms with E-state index < -0.39 is 0 Å². The Bertz CT molecular complexity index is 267. The molecule has 0 aliphatic heterocycles. The van der Waals surface area contributed by atoms with Crippen LogP contribution in [0.1, 0.15) is 20.3 Å². The first-order chi connectivity index (χ1) is 6.65. The lowest BCUT2D eigenvalue weighted by Gasteiger charge is -2.05. The van der Waals surface area contributed by atoms with E-state index in [1.807, 2.05) is 13.8 Å². The molecule has 6 heteroatoms. The summed E-state index contributed by atoms with van der Waals surface area (Å²) in [6.45, 7) is 4.41. The van der Waals surface area contributed by atoms with Crippen LogP contribution in [0.2, 0.25) is 0 Å². The fourth-order valence-corrected chi connectivity index (χ4v) is 0.519. The minimum absolute atomic E-state index is 0.226. The second-order valence-electron chi connectivity index (χ2n) is 2.85. The lowest BCUT2D eigenvalue weighted by atomic mass is 10.1. The standard InChI is InChI=1S/C8H14N4O2/c1-3-6(2)5-14-12-7(4-9)8(10)11-13/h6,13H,3,5H2,1-2H3,(H2,10,11)/b12-7-. The Morgan fingerprint density at radius 3 is 2.79 bits per heavy atom. The minimum Gasteiger partial charge on any atom is -0.409 e. The summed E-state index contributed by atoms with van der Waals surface area (Å²) >= 11 is 0. The maximum absolute atomic E-state index is 8.52. The van der Waals surface area contributed by atoms with Crippen molar-refractivity contribution in [2.75, 3.05) is 6.61 Å². The molecule has 14 heavy (non-hydrogen) atoms. The highest BCUT2D eigenvalue weighted by molar-refractivity contribution is 6.46. The topological polar surface area (TPSA) is 104 Å². The second kappa shape index (κ2) is 6.71. The molecule has 0 aliphatic rings. The average Bonchev–Trinajstić information content (AvgIpc) is 2.22. The van der Waals surface area contributed by atoms with Crippen molar-refractivity contribution in [2.45, 2.75) is 20.3 Å². The first-order valence-electron chi connectivity index (χ1n) is 4.23. The van der Waals surface area contributed by atoms with Crippen LogP contribution in [0.5, 0.6) is 0 Å². The third kappa shape index (κ3) is 4.30. The van der Waals surface area contributed by atoms with E-state index in [0.29, 0.717) is 12.5 Å². The molecule has 0 fully saturated rings. The van der Waals surface area contributed by atoms with Crippen molar-refractivity contribution >= 4 is 11.5 Å². The van der Waals surface area contributed by atoms with E-state index in [9.17, 15) is 0 Å². The largest absolute Gasteiger partial charge is 0.409 e. The Kier molecular flexibility index (Phi) is 5.87. The summed E-state index contributed by atoms with van der Waals surface area (Å²) in [5.41, 5.74) is 4.92. The molecule has 0 aromatic rings. The van der Waals surface area contributed by atoms with Crippen LogP contribution in [-0.2, 0) is 4.84 Å². The molecule has 1 unspecified atom stereocenters. The molecular weight excluding hydrogens is 184 g/mol. The summed E-state index contributed by atoms with van der Waals surface area (Å²) in [5, 5.41) is 22.9. The number of rotatable bonds is 5. The van der Waals surface area contributed by atoms with Crippen LogP contribution in [0.25, 0.3) is 0 Å². The maximum Gasteiger partial charge on any atom is 0.224 e. The molecule has 0 aromatic heterocycles. The Hall–Kier alpha value is -1.77. The first-order valence-corrected chi connectivity index (χ1v) is 4.23. The van der Waals surface area contributed by atoms with Crippen LogP contribution >= 0.6 is 0 Å². The van der Waals surface area contributed by atoms with Gasteiger partial charge < -0.3 is 15.8 Å². The molecule has 1 atom stereocenters. The highest BCUT2D eigenvalue weighted by atomic mass is 16.6. The molecule has 78 valence electrons. The summed E-state index contributed by atoms with van der Waals surface area (Å²) in [6.07, 6.45) is 0.959. The molecule has 0 rings (SSSR count). The molecule has 0 aromatic carbocycles. The third-order valence-corrected chi connectivity index (χ3v) is 1.67. The van der Waals surface area contributed by atoms with E-state index in [0.717, 1.165) is 6.42 Å². The van der Waals surface area contributed by atoms with Crippen molar-refractivity contribution in [1.82, 2.24) is 0 Å². The van der Waals surface area contributed by atoms with Crippen LogP contribution in [0.4, 0.5) is 0 Å². The van der Waals surface area contributed by atoms with Gasteiger partial charge in [-0.25, -0.2) is 0 Å². The lowest BCUT2D eigenvalue weighted by molar-refractivity contribution is 0.112. The molecule has 0 saturated carbocycles. The Morgan fingerprint density at radius 2 is 2.36 bits per heavy atom. The van der Waals surface area contributed by atoms with Gasteiger partial charge in [-0.2, -0.15) is 5.26 Å². The van der Waals surface area contributed by atoms with Gasteiger partial charge in [0, 0.05) is 0 Å². The molecule has 6 nitrogen and oxygen atoms in total. The van der Waals surface area contributed by atoms with Crippen molar-refractivity contribution in [2.24, 2.45) is 22.0 Å². The van der Waals surface area contributed by atoms with E-state index in [4.69, 9.17) is 21.0 Å². The van der Waals surface area contributed by atoms with Crippen molar-refractivity contribution in [3.05, 3.63) is 0 Å². The molecule has 0 amide bonds. The third-order valence-electron chi connectivity index (χ3n) is 1.67. The van der Waals surface area contributed by atoms with E-state index in [-0.39, 0.29) is 11.5 Å². The Balaban J connectivity index is 4.15. The molecule has 0 radical (unpaired) electrons. The predicted octanol–water partition coefficient (Wildman–Crippen LogP) is 0.675. The van der Waals surface area contributed by atoms with Gasteiger partial charge in [0.2, 0.25) is 11.5 Å². The van der Waals surface area contributed by atoms with Crippen molar-refractivity contribution in [3.8, 4) is 6.07 Å². The normalized spacial score (nSPS) is 14.6. The number of oxime groups is 2. The van der Waals surface area contributed by atoms with Crippen LogP contribution < -0.4 is 5.73 Å². The van der Waals surface area contributed by atoms with Gasteiger partial charge in [0.25, 0.3) is 0 Å². The fraction of sp³-hybridized carbons (Fsp3) is 0.625. The molecular formula is C8H14N4O2. The zero-order valence-corrected chi connectivity index (χ0v) is 8.27. The van der Waals surface area contributed by atoms with Crippen LogP contribution in [0.15, 0.2) is 10.3 Å². The van der Waals surface area contributed by atoms with Gasteiger partial charge in [-0.15, -0.1) is 0 Å². The molecule has 0 bridgehead atoms. The van der Waals surface area contributed by atoms with Gasteiger partial charge in [0.1, 0.15) is 12.7 Å². The predicted molar refractivity (Wildman–Crippen MR) is 51.9 cm³/mol. The Morgan fingerprint density at radius 1 is 1.71 bits per heavy atom. The summed E-state index contributed by atoms with van der Waals surface area (Å²) in [4.78, 5) is 4.86. The van der Waals surface area contributed by atoms with Crippen LogP contribution in [-0.4, -0.2) is 23.4 Å². The number of amidine groups is 1. The summed E-state index contributed by atoms with van der Waals surface area (Å²) in [6, 6.07) is 1.65. The minimum atomic E-state index is -0.350. The van der Waals surface area contributed by atoms with Crippen molar-refractivity contribution < 1.29 is 10.0 Å². The highest BCUT2D eigenvalue weighted by Gasteiger charge is 2.05. The average molecular weight is 198 g/mol. The smallest absolute Gasteiger partial charge is 0.224 e. The quantitative estimate of drug-likeness (QED) is 0.293. The zero-order valence-electron chi connectivity index (χ0n) is 8.27. The highest BCUT2D eigenvalue weighted by Crippen LogP contribution is 2.00. The van der Waals surface area contributed by atoms with Gasteiger partial charge in [-0.3, -0.25) is 0 Å². The second-order valence-corrected chi connectivity index (χ2v) is 2.85. The maximum atomic E-state index is 8.52. The summed E-state index contributed by atoms with van der Waals surface area (Å²) < 4.78 is 0. The summed E-state index contributed by atoms with van der Waals surface area (Å²) in [5.74, 6) is 0.00244. The number of nitriles is 1. The molecule has 0 aliphatic carbocycles. The Labute approximate surface area is 82.6 Å². The van der Waals surface area contributed by atoms with Gasteiger partial charge in [-0.05, 0) is 5.92 Å². The van der Waals surface area contributed by atoms with Crippen LogP contribution in [0, 0.1) is 17.2 Å². The number of hydrogen-bond acceptors (Lipinski definition) is 5. The number of nitrogens with zero attached hydrogens (tertiary/aromatic N) is 3. The van der Waals surface area contributed by atoms with E-state index >= 15 is 0 Å². The lowest BCUT2D eigenvalue weighted by Crippen LogP contribution is -2.23. The van der Waals surface area contributed by atoms with E-state index in [2.05, 4.69) is 10.3 Å². The van der Waals surface area contributed by atoms with Gasteiger partial charge in [-0.1, -0.05) is 30.6 Å². The monoisotopic (exact) mass is 198 g/mol. The van der Waals surface area contributed by atoms with Crippen LogP contribution in [0.3, 0.4) is 0 Å². The van der Waals surface area contributed by atoms with Crippen molar-refractivity contribution in [1.29, 1.82) is 5.26 Å². The first kappa shape index (κ1) is 12.2. The van der Waals surface area contributed by atoms with E-state index in [1.54, 1.807) is 6.07 Å². The molecule has 0 saturated heterocycles. The molecule has 0 heterocycles. The van der Waals surface area contributed by atoms with Gasteiger partial charge in [0.15, 0.2) is 0 Å². The SMILES string of the molecule is CCC(C)CO/N=C(C#N)\C(N)=N/O. The zero-order chi connectivity index (χ0) is 11.0. The van der Waals surface area contributed by atoms with E-state index in [1.165, 1.54) is 0 Å². The van der Waals surface area contributed by atoms with Gasteiger partial charge in [0.05, 0.1) is 0 Å². The number of hydrogen-bond donors (Lipinski definition) is 2. The number of nitrogens with two attached hydrogens (primary N) is 1. The van der Waals surface area contributed by atoms with Crippen molar-refractivity contribution in [3.63, 3.8) is 0 Å². The molecule has 3 N–H and O–H groups in total. The fourth-order valence-electron chi connectivity index (χ4n) is 0.519.